The Morgan fingerprint density at radius 2 is 1.90 bits per heavy atom. The van der Waals surface area contributed by atoms with Crippen LogP contribution in [0.3, 0.4) is 0 Å². The summed E-state index contributed by atoms with van der Waals surface area (Å²) in [4.78, 5) is 26.5. The summed E-state index contributed by atoms with van der Waals surface area (Å²) in [6, 6.07) is 6.85. The summed E-state index contributed by atoms with van der Waals surface area (Å²) in [6.45, 7) is 1.56. The van der Waals surface area contributed by atoms with Crippen LogP contribution in [0, 0.1) is 17.8 Å². The van der Waals surface area contributed by atoms with E-state index in [0.717, 1.165) is 19.4 Å². The van der Waals surface area contributed by atoms with Gasteiger partial charge in [-0.25, -0.2) is 0 Å². The quantitative estimate of drug-likeness (QED) is 0.292. The van der Waals surface area contributed by atoms with Gasteiger partial charge in [-0.05, 0) is 75.2 Å². The standard InChI is InChI=1S/C29H43ClF3N3O3/c1-34-19-22(16-21-8-3-2-4-9-21)17-26(37)36-15-6-11-24(20-36)28(39,23-10-5-12-25(30)18-23)13-7-14-35-27(38)29(31,32)33/h5,10,12,18,21-22,24,34,39H,2-4,6-9,11,13-17,19-20H2,1H3,(H,35,38)/t22-,24-,28-/m1/s1. The largest absolute Gasteiger partial charge is 0.471 e. The molecule has 6 nitrogen and oxygen atoms in total. The third-order valence-corrected chi connectivity index (χ3v) is 8.63. The molecule has 0 radical (unpaired) electrons. The topological polar surface area (TPSA) is 81.7 Å². The Hall–Kier alpha value is -1.84. The van der Waals surface area contributed by atoms with Crippen LogP contribution in [0.1, 0.15) is 76.2 Å². The first-order chi connectivity index (χ1) is 18.5. The lowest BCUT2D eigenvalue weighted by atomic mass is 9.74. The molecule has 1 aromatic rings. The van der Waals surface area contributed by atoms with Gasteiger partial charge in [-0.1, -0.05) is 55.8 Å². The zero-order valence-corrected chi connectivity index (χ0v) is 23.6. The van der Waals surface area contributed by atoms with Crippen LogP contribution in [0.25, 0.3) is 0 Å². The number of amides is 2. The maximum absolute atomic E-state index is 13.5. The Balaban J connectivity index is 1.68. The molecular weight excluding hydrogens is 531 g/mol. The molecule has 3 rings (SSSR count). The molecule has 2 amide bonds. The van der Waals surface area contributed by atoms with Gasteiger partial charge in [0.1, 0.15) is 0 Å². The highest BCUT2D eigenvalue weighted by Gasteiger charge is 2.42. The van der Waals surface area contributed by atoms with Crippen molar-refractivity contribution in [3.8, 4) is 0 Å². The lowest BCUT2D eigenvalue weighted by Crippen LogP contribution is -2.49. The molecule has 220 valence electrons. The number of carbonyl (C=O) groups excluding carboxylic acids is 2. The van der Waals surface area contributed by atoms with Gasteiger partial charge in [0.2, 0.25) is 5.91 Å². The van der Waals surface area contributed by atoms with E-state index in [0.29, 0.717) is 42.4 Å². The molecule has 0 aromatic heterocycles. The van der Waals surface area contributed by atoms with Crippen LogP contribution >= 0.6 is 11.6 Å². The number of aliphatic hydroxyl groups is 1. The number of halogens is 4. The number of hydrogen-bond acceptors (Lipinski definition) is 4. The first-order valence-electron chi connectivity index (χ1n) is 14.3. The van der Waals surface area contributed by atoms with E-state index in [1.54, 1.807) is 24.3 Å². The van der Waals surface area contributed by atoms with Crippen LogP contribution in [0.5, 0.6) is 0 Å². The number of hydrogen-bond donors (Lipinski definition) is 3. The molecule has 0 spiro atoms. The Labute approximate surface area is 235 Å². The van der Waals surface area contributed by atoms with Crippen LogP contribution in [0.15, 0.2) is 24.3 Å². The third-order valence-electron chi connectivity index (χ3n) is 8.40. The molecule has 0 unspecified atom stereocenters. The fraction of sp³-hybridized carbons (Fsp3) is 0.724. The van der Waals surface area contributed by atoms with E-state index in [2.05, 4.69) is 5.32 Å². The highest BCUT2D eigenvalue weighted by molar-refractivity contribution is 6.30. The lowest BCUT2D eigenvalue weighted by molar-refractivity contribution is -0.173. The number of carbonyl (C=O) groups is 2. The first kappa shape index (κ1) is 31.7. The summed E-state index contributed by atoms with van der Waals surface area (Å²) in [5, 5.41) is 17.6. The molecular formula is C29H43ClF3N3O3. The molecule has 1 aliphatic heterocycles. The molecule has 10 heteroatoms. The second-order valence-electron chi connectivity index (χ2n) is 11.3. The van der Waals surface area contributed by atoms with Crippen molar-refractivity contribution < 1.29 is 27.9 Å². The van der Waals surface area contributed by atoms with Gasteiger partial charge in [0.15, 0.2) is 0 Å². The van der Waals surface area contributed by atoms with E-state index in [-0.39, 0.29) is 37.1 Å². The Morgan fingerprint density at radius 1 is 1.15 bits per heavy atom. The molecule has 1 saturated carbocycles. The minimum absolute atomic E-state index is 0.0849. The summed E-state index contributed by atoms with van der Waals surface area (Å²) >= 11 is 6.23. The SMILES string of the molecule is CNC[C@@H](CC(=O)N1CCC[C@@H]([C@@](O)(CCCNC(=O)C(F)(F)F)c2cccc(Cl)c2)C1)CC1CCCCC1. The van der Waals surface area contributed by atoms with Crippen molar-refractivity contribution in [1.82, 2.24) is 15.5 Å². The second-order valence-corrected chi connectivity index (χ2v) is 11.8. The highest BCUT2D eigenvalue weighted by atomic mass is 35.5. The van der Waals surface area contributed by atoms with Crippen molar-refractivity contribution in [2.24, 2.45) is 17.8 Å². The second kappa shape index (κ2) is 14.7. The van der Waals surface area contributed by atoms with Gasteiger partial charge in [0, 0.05) is 37.0 Å². The average Bonchev–Trinajstić information content (AvgIpc) is 2.91. The van der Waals surface area contributed by atoms with Gasteiger partial charge in [0.05, 0.1) is 5.60 Å². The summed E-state index contributed by atoms with van der Waals surface area (Å²) in [5.74, 6) is -1.29. The van der Waals surface area contributed by atoms with Crippen LogP contribution in [0.2, 0.25) is 5.02 Å². The molecule has 1 aliphatic carbocycles. The normalized spacial score (nSPS) is 21.3. The van der Waals surface area contributed by atoms with E-state index in [4.69, 9.17) is 11.6 Å². The summed E-state index contributed by atoms with van der Waals surface area (Å²) in [5.41, 5.74) is -0.832. The zero-order valence-electron chi connectivity index (χ0n) is 22.9. The fourth-order valence-corrected chi connectivity index (χ4v) is 6.58. The Morgan fingerprint density at radius 3 is 2.56 bits per heavy atom. The smallest absolute Gasteiger partial charge is 0.385 e. The van der Waals surface area contributed by atoms with Gasteiger partial charge < -0.3 is 20.6 Å². The molecule has 1 heterocycles. The predicted molar refractivity (Wildman–Crippen MR) is 146 cm³/mol. The van der Waals surface area contributed by atoms with Crippen LogP contribution in [-0.4, -0.2) is 61.2 Å². The minimum atomic E-state index is -4.95. The molecule has 1 aromatic carbocycles. The van der Waals surface area contributed by atoms with Gasteiger partial charge in [-0.15, -0.1) is 0 Å². The van der Waals surface area contributed by atoms with Crippen molar-refractivity contribution in [3.05, 3.63) is 34.9 Å². The first-order valence-corrected chi connectivity index (χ1v) is 14.7. The van der Waals surface area contributed by atoms with E-state index in [1.807, 2.05) is 17.3 Å². The molecule has 1 saturated heterocycles. The lowest BCUT2D eigenvalue weighted by Gasteiger charge is -2.43. The fourth-order valence-electron chi connectivity index (χ4n) is 6.39. The van der Waals surface area contributed by atoms with Crippen molar-refractivity contribution in [2.45, 2.75) is 82.4 Å². The van der Waals surface area contributed by atoms with E-state index < -0.39 is 17.7 Å². The van der Waals surface area contributed by atoms with E-state index in [1.165, 1.54) is 32.1 Å². The van der Waals surface area contributed by atoms with Crippen molar-refractivity contribution >= 4 is 23.4 Å². The Kier molecular flexibility index (Phi) is 11.9. The summed E-state index contributed by atoms with van der Waals surface area (Å²) in [6.07, 6.45) is 4.51. The number of rotatable bonds is 12. The Bertz CT molecular complexity index is 942. The van der Waals surface area contributed by atoms with Gasteiger partial charge >= 0.3 is 12.1 Å². The van der Waals surface area contributed by atoms with E-state index >= 15 is 0 Å². The van der Waals surface area contributed by atoms with Gasteiger partial charge in [-0.2, -0.15) is 13.2 Å². The van der Waals surface area contributed by atoms with Crippen molar-refractivity contribution in [1.29, 1.82) is 0 Å². The van der Waals surface area contributed by atoms with Crippen molar-refractivity contribution in [3.63, 3.8) is 0 Å². The third kappa shape index (κ3) is 9.35. The van der Waals surface area contributed by atoms with Crippen LogP contribution in [-0.2, 0) is 15.2 Å². The number of nitrogens with one attached hydrogen (secondary N) is 2. The average molecular weight is 574 g/mol. The molecule has 2 fully saturated rings. The summed E-state index contributed by atoms with van der Waals surface area (Å²) < 4.78 is 37.7. The summed E-state index contributed by atoms with van der Waals surface area (Å²) in [7, 11) is 1.91. The van der Waals surface area contributed by atoms with Gasteiger partial charge in [-0.3, -0.25) is 9.59 Å². The minimum Gasteiger partial charge on any atom is -0.385 e. The van der Waals surface area contributed by atoms with Crippen LogP contribution < -0.4 is 10.6 Å². The van der Waals surface area contributed by atoms with Crippen molar-refractivity contribution in [2.75, 3.05) is 33.2 Å². The molecule has 0 bridgehead atoms. The number of piperidine rings is 1. The number of alkyl halides is 3. The molecule has 2 aliphatic rings. The number of benzene rings is 1. The zero-order chi connectivity index (χ0) is 28.5. The predicted octanol–water partition coefficient (Wildman–Crippen LogP) is 5.42. The molecule has 3 atom stereocenters. The number of nitrogens with zero attached hydrogens (tertiary/aromatic N) is 1. The monoisotopic (exact) mass is 573 g/mol. The van der Waals surface area contributed by atoms with Gasteiger partial charge in [0.25, 0.3) is 0 Å². The molecule has 3 N–H and O–H groups in total. The van der Waals surface area contributed by atoms with Crippen LogP contribution in [0.4, 0.5) is 13.2 Å². The maximum Gasteiger partial charge on any atom is 0.471 e. The van der Waals surface area contributed by atoms with E-state index in [9.17, 15) is 27.9 Å². The number of likely N-dealkylation sites (tertiary alicyclic amines) is 1. The highest BCUT2D eigenvalue weighted by Crippen LogP contribution is 2.40. The molecule has 39 heavy (non-hydrogen) atoms. The maximum atomic E-state index is 13.5.